The molecule has 1 rings (SSSR count). The van der Waals surface area contributed by atoms with Crippen molar-refractivity contribution in [3.8, 4) is 0 Å². The van der Waals surface area contributed by atoms with Gasteiger partial charge in [0.1, 0.15) is 42.8 Å². The van der Waals surface area contributed by atoms with Crippen LogP contribution in [0.25, 0.3) is 0 Å². The molecule has 0 aromatic carbocycles. The van der Waals surface area contributed by atoms with Gasteiger partial charge in [-0.15, -0.1) is 0 Å². The Balaban J connectivity index is 3.10. The summed E-state index contributed by atoms with van der Waals surface area (Å²) in [6.07, 6.45) is -9.96. The van der Waals surface area contributed by atoms with Crippen LogP contribution in [0, 0.1) is 0 Å². The molecule has 1 amide bonds. The highest BCUT2D eigenvalue weighted by atomic mass is 16.7. The first-order chi connectivity index (χ1) is 12.1. The number of aliphatic carboxylic acids is 1. The standard InChI is InChI=1S/C14H21NO11/c1-5(18)15-6(3-16)12(10(21)8(20)4-17)26-14-11(22)7(19)2-9(25-14)13(23)24/h2-3,6-8,10-12,14,17,19-22H,4H2,1H3,(H,15,18)(H,23,24). The predicted octanol–water partition coefficient (Wildman–Crippen LogP) is -4.16. The first kappa shape index (κ1) is 22.0. The molecule has 0 bridgehead atoms. The lowest BCUT2D eigenvalue weighted by Crippen LogP contribution is -2.57. The molecule has 1 aliphatic heterocycles. The quantitative estimate of drug-likeness (QED) is 0.191. The molecule has 26 heavy (non-hydrogen) atoms. The zero-order valence-corrected chi connectivity index (χ0v) is 13.6. The first-order valence-electron chi connectivity index (χ1n) is 7.45. The summed E-state index contributed by atoms with van der Waals surface area (Å²) in [4.78, 5) is 33.4. The highest BCUT2D eigenvalue weighted by Crippen LogP contribution is 2.23. The molecule has 1 heterocycles. The number of carboxylic acids is 1. The predicted molar refractivity (Wildman–Crippen MR) is 80.2 cm³/mol. The maximum absolute atomic E-state index is 11.2. The lowest BCUT2D eigenvalue weighted by molar-refractivity contribution is -0.248. The van der Waals surface area contributed by atoms with Crippen molar-refractivity contribution < 1.29 is 54.5 Å². The lowest BCUT2D eigenvalue weighted by Gasteiger charge is -2.37. The van der Waals surface area contributed by atoms with Crippen molar-refractivity contribution in [2.75, 3.05) is 6.61 Å². The van der Waals surface area contributed by atoms with Crippen LogP contribution >= 0.6 is 0 Å². The second kappa shape index (κ2) is 9.56. The molecule has 1 aliphatic rings. The second-order valence-corrected chi connectivity index (χ2v) is 5.51. The van der Waals surface area contributed by atoms with E-state index in [4.69, 9.17) is 19.7 Å². The van der Waals surface area contributed by atoms with Crippen LogP contribution in [0.4, 0.5) is 0 Å². The van der Waals surface area contributed by atoms with Gasteiger partial charge in [-0.25, -0.2) is 4.79 Å². The van der Waals surface area contributed by atoms with E-state index in [0.717, 1.165) is 6.92 Å². The fraction of sp³-hybridized carbons (Fsp3) is 0.643. The zero-order chi connectivity index (χ0) is 20.0. The number of carboxylic acid groups (broad SMARTS) is 1. The average Bonchev–Trinajstić information content (AvgIpc) is 2.59. The van der Waals surface area contributed by atoms with Crippen molar-refractivity contribution in [1.29, 1.82) is 0 Å². The van der Waals surface area contributed by atoms with Crippen molar-refractivity contribution in [3.05, 3.63) is 11.8 Å². The fourth-order valence-corrected chi connectivity index (χ4v) is 2.17. The molecule has 12 nitrogen and oxygen atoms in total. The Bertz CT molecular complexity index is 551. The van der Waals surface area contributed by atoms with E-state index in [2.05, 4.69) is 5.32 Å². The van der Waals surface area contributed by atoms with Crippen molar-refractivity contribution in [2.24, 2.45) is 0 Å². The molecule has 7 unspecified atom stereocenters. The summed E-state index contributed by atoms with van der Waals surface area (Å²) in [5, 5.41) is 59.2. The molecule has 0 fully saturated rings. The lowest BCUT2D eigenvalue weighted by atomic mass is 10.0. The van der Waals surface area contributed by atoms with Crippen LogP contribution in [-0.4, -0.2) is 98.3 Å². The highest BCUT2D eigenvalue weighted by molar-refractivity contribution is 5.84. The number of rotatable bonds is 9. The van der Waals surface area contributed by atoms with Gasteiger partial charge in [-0.3, -0.25) is 4.79 Å². The summed E-state index contributed by atoms with van der Waals surface area (Å²) >= 11 is 0. The van der Waals surface area contributed by atoms with Crippen LogP contribution in [0.3, 0.4) is 0 Å². The van der Waals surface area contributed by atoms with Gasteiger partial charge in [-0.2, -0.15) is 0 Å². The van der Waals surface area contributed by atoms with E-state index in [1.807, 2.05) is 0 Å². The summed E-state index contributed by atoms with van der Waals surface area (Å²) in [6, 6.07) is -1.55. The number of aldehydes is 1. The maximum atomic E-state index is 11.2. The Hall–Kier alpha value is -2.09. The van der Waals surface area contributed by atoms with Crippen molar-refractivity contribution >= 4 is 18.2 Å². The van der Waals surface area contributed by atoms with Gasteiger partial charge >= 0.3 is 5.97 Å². The SMILES string of the molecule is CC(=O)NC(C=O)C(OC1OC(C(=O)O)=CC(O)C1O)C(O)C(O)CO. The number of carbonyl (C=O) groups excluding carboxylic acids is 2. The topological polar surface area (TPSA) is 203 Å². The van der Waals surface area contributed by atoms with E-state index in [9.17, 15) is 34.8 Å². The van der Waals surface area contributed by atoms with Gasteiger partial charge in [0.05, 0.1) is 6.61 Å². The number of hydrogen-bond acceptors (Lipinski definition) is 10. The van der Waals surface area contributed by atoms with Crippen LogP contribution in [-0.2, 0) is 23.9 Å². The zero-order valence-electron chi connectivity index (χ0n) is 13.6. The van der Waals surface area contributed by atoms with Crippen molar-refractivity contribution in [2.45, 2.75) is 49.8 Å². The van der Waals surface area contributed by atoms with E-state index >= 15 is 0 Å². The number of aliphatic hydroxyl groups excluding tert-OH is 5. The van der Waals surface area contributed by atoms with Gasteiger partial charge in [-0.05, 0) is 6.08 Å². The van der Waals surface area contributed by atoms with Gasteiger partial charge in [-0.1, -0.05) is 0 Å². The van der Waals surface area contributed by atoms with Gasteiger partial charge < -0.3 is 50.2 Å². The molecule has 0 radical (unpaired) electrons. The molecule has 7 N–H and O–H groups in total. The summed E-state index contributed by atoms with van der Waals surface area (Å²) in [6.45, 7) is 0.132. The summed E-state index contributed by atoms with van der Waals surface area (Å²) in [7, 11) is 0. The smallest absolute Gasteiger partial charge is 0.371 e. The number of carbonyl (C=O) groups is 3. The van der Waals surface area contributed by atoms with E-state index in [1.165, 1.54) is 0 Å². The third kappa shape index (κ3) is 5.45. The Kier molecular flexibility index (Phi) is 8.08. The van der Waals surface area contributed by atoms with Crippen LogP contribution in [0.1, 0.15) is 6.92 Å². The van der Waals surface area contributed by atoms with E-state index < -0.39 is 67.1 Å². The minimum absolute atomic E-state index is 0.166. The van der Waals surface area contributed by atoms with Crippen LogP contribution in [0.2, 0.25) is 0 Å². The molecular formula is C14H21NO11. The molecule has 7 atom stereocenters. The fourth-order valence-electron chi connectivity index (χ4n) is 2.17. The first-order valence-corrected chi connectivity index (χ1v) is 7.45. The molecule has 12 heteroatoms. The second-order valence-electron chi connectivity index (χ2n) is 5.51. The van der Waals surface area contributed by atoms with E-state index in [1.54, 1.807) is 0 Å². The van der Waals surface area contributed by atoms with Crippen LogP contribution in [0.15, 0.2) is 11.8 Å². The van der Waals surface area contributed by atoms with Crippen molar-refractivity contribution in [3.63, 3.8) is 0 Å². The molecule has 0 saturated carbocycles. The van der Waals surface area contributed by atoms with Gasteiger partial charge in [0, 0.05) is 6.92 Å². The summed E-state index contributed by atoms with van der Waals surface area (Å²) in [5.41, 5.74) is 0. The van der Waals surface area contributed by atoms with Gasteiger partial charge in [0.2, 0.25) is 18.0 Å². The average molecular weight is 379 g/mol. The Morgan fingerprint density at radius 2 is 2.00 bits per heavy atom. The molecule has 0 spiro atoms. The summed E-state index contributed by atoms with van der Waals surface area (Å²) < 4.78 is 10.1. The molecule has 0 saturated heterocycles. The molecule has 0 aliphatic carbocycles. The largest absolute Gasteiger partial charge is 0.475 e. The van der Waals surface area contributed by atoms with Crippen molar-refractivity contribution in [1.82, 2.24) is 5.32 Å². The molecule has 148 valence electrons. The van der Waals surface area contributed by atoms with E-state index in [0.29, 0.717) is 6.08 Å². The maximum Gasteiger partial charge on any atom is 0.371 e. The number of hydrogen-bond donors (Lipinski definition) is 7. The van der Waals surface area contributed by atoms with Gasteiger partial charge in [0.25, 0.3) is 0 Å². The van der Waals surface area contributed by atoms with Crippen LogP contribution < -0.4 is 5.32 Å². The Morgan fingerprint density at radius 3 is 2.46 bits per heavy atom. The van der Waals surface area contributed by atoms with Crippen LogP contribution in [0.5, 0.6) is 0 Å². The van der Waals surface area contributed by atoms with E-state index in [-0.39, 0.29) is 6.29 Å². The number of amides is 1. The third-order valence-electron chi connectivity index (χ3n) is 3.48. The molecule has 0 aromatic rings. The number of nitrogens with one attached hydrogen (secondary N) is 1. The minimum atomic E-state index is -1.94. The highest BCUT2D eigenvalue weighted by Gasteiger charge is 2.42. The Morgan fingerprint density at radius 1 is 1.38 bits per heavy atom. The summed E-state index contributed by atoms with van der Waals surface area (Å²) in [5.74, 6) is -3.03. The number of ether oxygens (including phenoxy) is 2. The normalized spacial score (nSPS) is 27.3. The third-order valence-corrected chi connectivity index (χ3v) is 3.48. The molecule has 0 aromatic heterocycles. The Labute approximate surface area is 147 Å². The number of aliphatic hydroxyl groups is 5. The monoisotopic (exact) mass is 379 g/mol. The van der Waals surface area contributed by atoms with Gasteiger partial charge in [0.15, 0.2) is 0 Å². The minimum Gasteiger partial charge on any atom is -0.475 e. The molecular weight excluding hydrogens is 358 g/mol.